The Morgan fingerprint density at radius 2 is 1.83 bits per heavy atom. The summed E-state index contributed by atoms with van der Waals surface area (Å²) in [7, 11) is 3.25. The van der Waals surface area contributed by atoms with Crippen LogP contribution in [0.5, 0.6) is 11.5 Å². The second-order valence-electron chi connectivity index (χ2n) is 4.09. The van der Waals surface area contributed by atoms with Gasteiger partial charge in [0.15, 0.2) is 17.1 Å². The molecule has 3 rings (SSSR count). The highest BCUT2D eigenvalue weighted by molar-refractivity contribution is 6.06. The van der Waals surface area contributed by atoms with E-state index in [2.05, 4.69) is 15.2 Å². The zero-order valence-corrected chi connectivity index (χ0v) is 10.4. The fourth-order valence-electron chi connectivity index (χ4n) is 2.19. The van der Waals surface area contributed by atoms with Gasteiger partial charge in [-0.1, -0.05) is 0 Å². The molecule has 1 N–H and O–H groups in total. The van der Waals surface area contributed by atoms with Crippen molar-refractivity contribution in [3.8, 4) is 11.5 Å². The second kappa shape index (κ2) is 3.87. The highest BCUT2D eigenvalue weighted by Crippen LogP contribution is 2.35. The van der Waals surface area contributed by atoms with Crippen LogP contribution in [0.2, 0.25) is 0 Å². The number of ether oxygens (including phenoxy) is 2. The number of fused-ring (bicyclic) bond motifs is 3. The van der Waals surface area contributed by atoms with Gasteiger partial charge in [-0.25, -0.2) is 4.98 Å². The molecule has 0 unspecified atom stereocenters. The number of aromatic nitrogens is 3. The van der Waals surface area contributed by atoms with Crippen molar-refractivity contribution in [1.29, 1.82) is 0 Å². The molecule has 0 aliphatic rings. The smallest absolute Gasteiger partial charge is 0.161 e. The molecule has 1 aromatic carbocycles. The zero-order valence-electron chi connectivity index (χ0n) is 10.4. The predicted octanol–water partition coefficient (Wildman–Crippen LogP) is 2.44. The molecule has 0 radical (unpaired) electrons. The molecule has 2 heterocycles. The Labute approximate surface area is 104 Å². The first-order valence-electron chi connectivity index (χ1n) is 5.60. The van der Waals surface area contributed by atoms with E-state index in [1.807, 2.05) is 19.1 Å². The van der Waals surface area contributed by atoms with E-state index >= 15 is 0 Å². The van der Waals surface area contributed by atoms with Crippen molar-refractivity contribution in [3.63, 3.8) is 0 Å². The van der Waals surface area contributed by atoms with Crippen LogP contribution < -0.4 is 9.47 Å². The first-order chi connectivity index (χ1) is 8.74. The van der Waals surface area contributed by atoms with E-state index in [4.69, 9.17) is 9.47 Å². The van der Waals surface area contributed by atoms with Gasteiger partial charge in [0.1, 0.15) is 0 Å². The fraction of sp³-hybridized carbons (Fsp3) is 0.231. The molecule has 5 heteroatoms. The molecule has 0 saturated carbocycles. The van der Waals surface area contributed by atoms with E-state index in [1.165, 1.54) is 0 Å². The molecule has 0 aliphatic heterocycles. The van der Waals surface area contributed by atoms with Gasteiger partial charge in [0, 0.05) is 22.4 Å². The Bertz CT molecular complexity index is 734. The number of nitrogens with one attached hydrogen (secondary N) is 1. The maximum Gasteiger partial charge on any atom is 0.161 e. The van der Waals surface area contributed by atoms with Gasteiger partial charge >= 0.3 is 0 Å². The summed E-state index contributed by atoms with van der Waals surface area (Å²) in [6.07, 6.45) is 1.80. The lowest BCUT2D eigenvalue weighted by Gasteiger charge is -2.09. The molecule has 0 saturated heterocycles. The molecule has 5 nitrogen and oxygen atoms in total. The number of benzene rings is 1. The molecular formula is C13H13N3O2. The minimum absolute atomic E-state index is 0.701. The number of methoxy groups -OCH3 is 2. The summed E-state index contributed by atoms with van der Waals surface area (Å²) in [5.41, 5.74) is 1.71. The van der Waals surface area contributed by atoms with Crippen LogP contribution in [0.25, 0.3) is 21.8 Å². The number of H-pyrrole nitrogens is 1. The van der Waals surface area contributed by atoms with Crippen molar-refractivity contribution in [1.82, 2.24) is 15.2 Å². The van der Waals surface area contributed by atoms with E-state index in [1.54, 1.807) is 20.4 Å². The van der Waals surface area contributed by atoms with Crippen LogP contribution in [-0.2, 0) is 0 Å². The van der Waals surface area contributed by atoms with Crippen molar-refractivity contribution in [2.24, 2.45) is 0 Å². The summed E-state index contributed by atoms with van der Waals surface area (Å²) in [6.45, 7) is 1.96. The summed E-state index contributed by atoms with van der Waals surface area (Å²) >= 11 is 0. The van der Waals surface area contributed by atoms with Gasteiger partial charge in [0.2, 0.25) is 0 Å². The fourth-order valence-corrected chi connectivity index (χ4v) is 2.19. The summed E-state index contributed by atoms with van der Waals surface area (Å²) < 4.78 is 10.6. The number of aryl methyl sites for hydroxylation is 1. The van der Waals surface area contributed by atoms with Gasteiger partial charge in [0.05, 0.1) is 19.9 Å². The van der Waals surface area contributed by atoms with Crippen LogP contribution in [-0.4, -0.2) is 29.4 Å². The molecule has 2 aromatic heterocycles. The molecule has 3 aromatic rings. The third-order valence-corrected chi connectivity index (χ3v) is 3.09. The molecule has 0 bridgehead atoms. The average Bonchev–Trinajstić information content (AvgIpc) is 2.79. The number of rotatable bonds is 2. The summed E-state index contributed by atoms with van der Waals surface area (Å²) in [6, 6.07) is 3.88. The first-order valence-corrected chi connectivity index (χ1v) is 5.60. The quantitative estimate of drug-likeness (QED) is 0.751. The summed E-state index contributed by atoms with van der Waals surface area (Å²) in [5.74, 6) is 1.41. The topological polar surface area (TPSA) is 60.0 Å². The number of nitrogens with zero attached hydrogens (tertiary/aromatic N) is 2. The largest absolute Gasteiger partial charge is 0.493 e. The van der Waals surface area contributed by atoms with E-state index < -0.39 is 0 Å². The Kier molecular flexibility index (Phi) is 2.33. The van der Waals surface area contributed by atoms with Gasteiger partial charge in [-0.3, -0.25) is 5.10 Å². The summed E-state index contributed by atoms with van der Waals surface area (Å²) in [4.78, 5) is 4.35. The third-order valence-electron chi connectivity index (χ3n) is 3.09. The maximum atomic E-state index is 5.33. The highest BCUT2D eigenvalue weighted by atomic mass is 16.5. The predicted molar refractivity (Wildman–Crippen MR) is 69.2 cm³/mol. The van der Waals surface area contributed by atoms with Crippen LogP contribution in [0.4, 0.5) is 0 Å². The SMILES string of the molecule is COc1cc2cnc3[nH]nc(C)c3c2cc1OC. The minimum Gasteiger partial charge on any atom is -0.493 e. The summed E-state index contributed by atoms with van der Waals surface area (Å²) in [5, 5.41) is 10.2. The van der Waals surface area contributed by atoms with E-state index in [9.17, 15) is 0 Å². The number of pyridine rings is 1. The molecule has 0 aliphatic carbocycles. The molecule has 92 valence electrons. The van der Waals surface area contributed by atoms with Gasteiger partial charge in [-0.15, -0.1) is 0 Å². The average molecular weight is 243 g/mol. The van der Waals surface area contributed by atoms with E-state index in [-0.39, 0.29) is 0 Å². The standard InChI is InChI=1S/C13H13N3O2/c1-7-12-9-5-11(18-3)10(17-2)4-8(9)6-14-13(12)16-15-7/h4-6H,1-3H3,(H,14,15,16). The second-order valence-corrected chi connectivity index (χ2v) is 4.09. The van der Waals surface area contributed by atoms with Crippen LogP contribution in [0, 0.1) is 6.92 Å². The molecule has 0 atom stereocenters. The van der Waals surface area contributed by atoms with Crippen molar-refractivity contribution in [3.05, 3.63) is 24.0 Å². The lowest BCUT2D eigenvalue weighted by Crippen LogP contribution is -1.91. The monoisotopic (exact) mass is 243 g/mol. The van der Waals surface area contributed by atoms with Gasteiger partial charge < -0.3 is 9.47 Å². The Morgan fingerprint density at radius 1 is 1.11 bits per heavy atom. The zero-order chi connectivity index (χ0) is 12.7. The molecule has 0 fully saturated rings. The maximum absolute atomic E-state index is 5.33. The van der Waals surface area contributed by atoms with Gasteiger partial charge in [0.25, 0.3) is 0 Å². The Hall–Kier alpha value is -2.30. The molecule has 18 heavy (non-hydrogen) atoms. The highest BCUT2D eigenvalue weighted by Gasteiger charge is 2.12. The number of hydrogen-bond acceptors (Lipinski definition) is 4. The third kappa shape index (κ3) is 1.40. The lowest BCUT2D eigenvalue weighted by atomic mass is 10.1. The molecule has 0 spiro atoms. The van der Waals surface area contributed by atoms with Crippen LogP contribution in [0.15, 0.2) is 18.3 Å². The van der Waals surface area contributed by atoms with Gasteiger partial charge in [-0.2, -0.15) is 5.10 Å². The Balaban J connectivity index is 2.46. The van der Waals surface area contributed by atoms with Crippen LogP contribution >= 0.6 is 0 Å². The molecular weight excluding hydrogens is 230 g/mol. The van der Waals surface area contributed by atoms with Crippen molar-refractivity contribution < 1.29 is 9.47 Å². The van der Waals surface area contributed by atoms with Gasteiger partial charge in [-0.05, 0) is 19.1 Å². The van der Waals surface area contributed by atoms with Crippen molar-refractivity contribution in [2.45, 2.75) is 6.92 Å². The Morgan fingerprint density at radius 3 is 2.56 bits per heavy atom. The minimum atomic E-state index is 0.701. The molecule has 0 amide bonds. The first kappa shape index (κ1) is 10.8. The van der Waals surface area contributed by atoms with E-state index in [0.717, 1.165) is 27.5 Å². The van der Waals surface area contributed by atoms with E-state index in [0.29, 0.717) is 11.5 Å². The van der Waals surface area contributed by atoms with Crippen molar-refractivity contribution >= 4 is 21.8 Å². The normalized spacial score (nSPS) is 11.1. The number of hydrogen-bond donors (Lipinski definition) is 1. The van der Waals surface area contributed by atoms with Crippen molar-refractivity contribution in [2.75, 3.05) is 14.2 Å². The van der Waals surface area contributed by atoms with Crippen LogP contribution in [0.1, 0.15) is 5.69 Å². The van der Waals surface area contributed by atoms with Crippen LogP contribution in [0.3, 0.4) is 0 Å². The number of aromatic amines is 1. The lowest BCUT2D eigenvalue weighted by molar-refractivity contribution is 0.356.